The third-order valence-electron chi connectivity index (χ3n) is 7.72. The second kappa shape index (κ2) is 11.5. The molecule has 0 spiro atoms. The van der Waals surface area contributed by atoms with Gasteiger partial charge < -0.3 is 29.1 Å². The monoisotopic (exact) mass is 586 g/mol. The summed E-state index contributed by atoms with van der Waals surface area (Å²) in [6, 6.07) is 26.6. The van der Waals surface area contributed by atoms with Crippen molar-refractivity contribution < 1.29 is 28.2 Å². The van der Waals surface area contributed by atoms with Crippen LogP contribution in [0, 0.1) is 32.1 Å². The lowest BCUT2D eigenvalue weighted by molar-refractivity contribution is 0.0702. The van der Waals surface area contributed by atoms with Gasteiger partial charge in [0.05, 0.1) is 13.0 Å². The van der Waals surface area contributed by atoms with Crippen LogP contribution in [0.5, 0.6) is 23.0 Å². The molecule has 0 saturated carbocycles. The van der Waals surface area contributed by atoms with Crippen LogP contribution in [-0.4, -0.2) is 13.1 Å². The molecule has 0 amide bonds. The third kappa shape index (κ3) is 5.32. The van der Waals surface area contributed by atoms with Crippen molar-refractivity contribution >= 4 is 16.9 Å². The summed E-state index contributed by atoms with van der Waals surface area (Å²) < 4.78 is 29.1. The molecule has 0 saturated heterocycles. The number of benzene rings is 4. The van der Waals surface area contributed by atoms with Gasteiger partial charge in [0.25, 0.3) is 0 Å². The topological polar surface area (TPSA) is 117 Å². The van der Waals surface area contributed by atoms with Crippen LogP contribution in [0.3, 0.4) is 0 Å². The predicted octanol–water partition coefficient (Wildman–Crippen LogP) is 7.38. The van der Waals surface area contributed by atoms with E-state index in [0.29, 0.717) is 40.6 Å². The second-order valence-electron chi connectivity index (χ2n) is 10.8. The molecule has 0 bridgehead atoms. The predicted molar refractivity (Wildman–Crippen MR) is 165 cm³/mol. The zero-order chi connectivity index (χ0) is 31.0. The van der Waals surface area contributed by atoms with Crippen molar-refractivity contribution in [2.24, 2.45) is 5.73 Å². The number of carbonyl (C=O) groups excluding carboxylic acids is 1. The van der Waals surface area contributed by atoms with E-state index in [-0.39, 0.29) is 23.0 Å². The van der Waals surface area contributed by atoms with Gasteiger partial charge in [-0.3, -0.25) is 0 Å². The number of aryl methyl sites for hydroxylation is 3. The molecule has 1 aliphatic heterocycles. The van der Waals surface area contributed by atoms with Gasteiger partial charge in [-0.15, -0.1) is 0 Å². The normalized spacial score (nSPS) is 14.0. The molecule has 8 nitrogen and oxygen atoms in total. The van der Waals surface area contributed by atoms with Crippen molar-refractivity contribution in [1.82, 2.24) is 0 Å². The lowest BCUT2D eigenvalue weighted by atomic mass is 9.83. The van der Waals surface area contributed by atoms with Crippen LogP contribution in [0.2, 0.25) is 0 Å². The summed E-state index contributed by atoms with van der Waals surface area (Å²) in [6.45, 7) is 6.19. The number of esters is 1. The van der Waals surface area contributed by atoms with E-state index < -0.39 is 11.9 Å². The SMILES string of the molecule is COc1cc(C2C(C#N)=C(N)Oc3cc(OC(=O)c4oc5cc(C)ccc5c4C)ccc32)ccc1OCc1ccc(C)cc1. The molecule has 1 aromatic heterocycles. The van der Waals surface area contributed by atoms with Gasteiger partial charge in [-0.25, -0.2) is 4.79 Å². The molecule has 0 radical (unpaired) electrons. The molecule has 5 aromatic rings. The fourth-order valence-electron chi connectivity index (χ4n) is 5.35. The molecule has 220 valence electrons. The molecular weight excluding hydrogens is 556 g/mol. The van der Waals surface area contributed by atoms with Crippen molar-refractivity contribution in [2.75, 3.05) is 7.11 Å². The number of fused-ring (bicyclic) bond motifs is 2. The van der Waals surface area contributed by atoms with Crippen LogP contribution in [0.15, 0.2) is 94.7 Å². The number of hydrogen-bond donors (Lipinski definition) is 1. The highest BCUT2D eigenvalue weighted by molar-refractivity contribution is 5.97. The van der Waals surface area contributed by atoms with Crippen molar-refractivity contribution in [3.63, 3.8) is 0 Å². The number of methoxy groups -OCH3 is 1. The number of rotatable bonds is 7. The quantitative estimate of drug-likeness (QED) is 0.155. The Hall–Kier alpha value is -5.68. The zero-order valence-corrected chi connectivity index (χ0v) is 24.8. The summed E-state index contributed by atoms with van der Waals surface area (Å²) in [5.74, 6) is 0.617. The second-order valence-corrected chi connectivity index (χ2v) is 10.8. The molecule has 1 unspecified atom stereocenters. The van der Waals surface area contributed by atoms with Crippen LogP contribution in [-0.2, 0) is 6.61 Å². The molecule has 8 heteroatoms. The number of allylic oxidation sites excluding steroid dienone is 1. The van der Waals surface area contributed by atoms with Gasteiger partial charge in [-0.2, -0.15) is 5.26 Å². The number of hydrogen-bond acceptors (Lipinski definition) is 8. The molecule has 4 aromatic carbocycles. The standard InChI is InChI=1S/C36H30N2O6/c1-20-5-8-23(9-6-20)19-41-29-14-10-24(16-32(29)40-4)33-27-13-11-25(17-31(27)44-35(38)28(33)18-37)42-36(39)34-22(3)26-12-7-21(2)15-30(26)43-34/h5-17,33H,19,38H2,1-4H3. The number of nitrogens with zero attached hydrogens (tertiary/aromatic N) is 1. The Labute approximate surface area is 254 Å². The van der Waals surface area contributed by atoms with E-state index >= 15 is 0 Å². The van der Waals surface area contributed by atoms with E-state index in [1.807, 2.05) is 81.4 Å². The summed E-state index contributed by atoms with van der Waals surface area (Å²) in [5.41, 5.74) is 12.5. The van der Waals surface area contributed by atoms with Crippen LogP contribution in [0.4, 0.5) is 0 Å². The zero-order valence-electron chi connectivity index (χ0n) is 24.8. The summed E-state index contributed by atoms with van der Waals surface area (Å²) in [4.78, 5) is 13.1. The Balaban J connectivity index is 1.28. The molecule has 1 aliphatic rings. The van der Waals surface area contributed by atoms with Gasteiger partial charge in [-0.05, 0) is 61.7 Å². The fourth-order valence-corrected chi connectivity index (χ4v) is 5.35. The minimum atomic E-state index is -0.629. The van der Waals surface area contributed by atoms with Gasteiger partial charge in [-0.1, -0.05) is 54.1 Å². The van der Waals surface area contributed by atoms with Crippen molar-refractivity contribution in [1.29, 1.82) is 5.26 Å². The molecular formula is C36H30N2O6. The summed E-state index contributed by atoms with van der Waals surface area (Å²) >= 11 is 0. The van der Waals surface area contributed by atoms with Crippen LogP contribution in [0.1, 0.15) is 49.9 Å². The fraction of sp³-hybridized carbons (Fsp3) is 0.167. The lowest BCUT2D eigenvalue weighted by Gasteiger charge is -2.27. The van der Waals surface area contributed by atoms with Gasteiger partial charge in [0, 0.05) is 22.6 Å². The van der Waals surface area contributed by atoms with Gasteiger partial charge >= 0.3 is 5.97 Å². The average Bonchev–Trinajstić information content (AvgIpc) is 3.35. The first kappa shape index (κ1) is 28.4. The maximum absolute atomic E-state index is 13.1. The Kier molecular flexibility index (Phi) is 7.46. The Morgan fingerprint density at radius 1 is 0.932 bits per heavy atom. The maximum atomic E-state index is 13.1. The highest BCUT2D eigenvalue weighted by Gasteiger charge is 2.32. The van der Waals surface area contributed by atoms with Crippen molar-refractivity contribution in [2.45, 2.75) is 33.3 Å². The van der Waals surface area contributed by atoms with Crippen LogP contribution < -0.4 is 24.7 Å². The molecule has 6 rings (SSSR count). The Morgan fingerprint density at radius 2 is 1.70 bits per heavy atom. The number of nitriles is 1. The van der Waals surface area contributed by atoms with Crippen LogP contribution in [0.25, 0.3) is 11.0 Å². The highest BCUT2D eigenvalue weighted by Crippen LogP contribution is 2.45. The van der Waals surface area contributed by atoms with Gasteiger partial charge in [0.15, 0.2) is 11.5 Å². The molecule has 44 heavy (non-hydrogen) atoms. The van der Waals surface area contributed by atoms with E-state index in [1.165, 1.54) is 5.56 Å². The van der Waals surface area contributed by atoms with Crippen molar-refractivity contribution in [3.8, 4) is 29.1 Å². The van der Waals surface area contributed by atoms with E-state index in [1.54, 1.807) is 25.3 Å². The van der Waals surface area contributed by atoms with E-state index in [9.17, 15) is 10.1 Å². The average molecular weight is 587 g/mol. The minimum absolute atomic E-state index is 0.0318. The first-order valence-corrected chi connectivity index (χ1v) is 14.1. The molecule has 2 heterocycles. The molecule has 0 aliphatic carbocycles. The first-order chi connectivity index (χ1) is 21.2. The number of carbonyl (C=O) groups is 1. The summed E-state index contributed by atoms with van der Waals surface area (Å²) in [5, 5.41) is 10.9. The number of ether oxygens (including phenoxy) is 4. The Morgan fingerprint density at radius 3 is 2.45 bits per heavy atom. The van der Waals surface area contributed by atoms with E-state index in [0.717, 1.165) is 22.1 Å². The first-order valence-electron chi connectivity index (χ1n) is 14.1. The maximum Gasteiger partial charge on any atom is 0.379 e. The highest BCUT2D eigenvalue weighted by atomic mass is 16.5. The number of furan rings is 1. The lowest BCUT2D eigenvalue weighted by Crippen LogP contribution is -2.21. The summed E-state index contributed by atoms with van der Waals surface area (Å²) in [7, 11) is 1.57. The van der Waals surface area contributed by atoms with Gasteiger partial charge in [0.2, 0.25) is 11.6 Å². The van der Waals surface area contributed by atoms with Crippen molar-refractivity contribution in [3.05, 3.63) is 129 Å². The minimum Gasteiger partial charge on any atom is -0.493 e. The van der Waals surface area contributed by atoms with Gasteiger partial charge in [0.1, 0.15) is 35.3 Å². The summed E-state index contributed by atoms with van der Waals surface area (Å²) in [6.07, 6.45) is 0. The largest absolute Gasteiger partial charge is 0.493 e. The van der Waals surface area contributed by atoms with E-state index in [2.05, 4.69) is 6.07 Å². The van der Waals surface area contributed by atoms with Crippen LogP contribution >= 0.6 is 0 Å². The third-order valence-corrected chi connectivity index (χ3v) is 7.72. The Bertz CT molecular complexity index is 1980. The smallest absolute Gasteiger partial charge is 0.379 e. The van der Waals surface area contributed by atoms with E-state index in [4.69, 9.17) is 29.1 Å². The molecule has 0 fully saturated rings. The number of nitrogens with two attached hydrogens (primary N) is 1. The molecule has 1 atom stereocenters. The molecule has 2 N–H and O–H groups in total.